The van der Waals surface area contributed by atoms with E-state index in [1.165, 1.54) is 6.92 Å². The van der Waals surface area contributed by atoms with E-state index in [9.17, 15) is 9.59 Å². The van der Waals surface area contributed by atoms with E-state index in [1.54, 1.807) is 18.2 Å². The predicted molar refractivity (Wildman–Crippen MR) is 80.1 cm³/mol. The largest absolute Gasteiger partial charge is 0.384 e. The number of hydrogen-bond acceptors (Lipinski definition) is 4. The Hall–Kier alpha value is -2.35. The topological polar surface area (TPSA) is 73.2 Å². The van der Waals surface area contributed by atoms with Gasteiger partial charge in [-0.05, 0) is 38.0 Å². The van der Waals surface area contributed by atoms with Gasteiger partial charge in [-0.2, -0.15) is 5.26 Å². The summed E-state index contributed by atoms with van der Waals surface area (Å²) < 4.78 is 0. The van der Waals surface area contributed by atoms with Crippen LogP contribution in [0.3, 0.4) is 0 Å². The molecular formula is C16H19N3O2. The Labute approximate surface area is 124 Å². The minimum atomic E-state index is -0.0230. The molecule has 1 aliphatic heterocycles. The monoisotopic (exact) mass is 285 g/mol. The number of rotatable bonds is 6. The molecule has 110 valence electrons. The number of Topliss-reactive ketones (excluding diaryl/α,β-unsaturated/α-hetero) is 1. The summed E-state index contributed by atoms with van der Waals surface area (Å²) in [7, 11) is 0. The molecular weight excluding hydrogens is 266 g/mol. The molecule has 1 N–H and O–H groups in total. The van der Waals surface area contributed by atoms with E-state index in [-0.39, 0.29) is 11.7 Å². The van der Waals surface area contributed by atoms with Gasteiger partial charge in [-0.1, -0.05) is 0 Å². The number of nitrogens with zero attached hydrogens (tertiary/aromatic N) is 2. The molecule has 2 rings (SSSR count). The highest BCUT2D eigenvalue weighted by atomic mass is 16.2. The zero-order valence-corrected chi connectivity index (χ0v) is 12.2. The van der Waals surface area contributed by atoms with Crippen molar-refractivity contribution in [2.45, 2.75) is 26.2 Å². The molecule has 1 heterocycles. The minimum absolute atomic E-state index is 0.0230. The van der Waals surface area contributed by atoms with Crippen LogP contribution in [-0.4, -0.2) is 36.2 Å². The van der Waals surface area contributed by atoms with Crippen molar-refractivity contribution in [2.24, 2.45) is 0 Å². The summed E-state index contributed by atoms with van der Waals surface area (Å²) >= 11 is 0. The van der Waals surface area contributed by atoms with Gasteiger partial charge in [0.25, 0.3) is 0 Å². The first-order valence-corrected chi connectivity index (χ1v) is 7.18. The lowest BCUT2D eigenvalue weighted by atomic mass is 10.1. The predicted octanol–water partition coefficient (Wildman–Crippen LogP) is 2.19. The lowest BCUT2D eigenvalue weighted by Gasteiger charge is -2.16. The lowest BCUT2D eigenvalue weighted by molar-refractivity contribution is -0.127. The van der Waals surface area contributed by atoms with Crippen molar-refractivity contribution in [3.05, 3.63) is 29.3 Å². The number of likely N-dealkylation sites (tertiary alicyclic amines) is 1. The quantitative estimate of drug-likeness (QED) is 0.642. The van der Waals surface area contributed by atoms with Crippen molar-refractivity contribution in [1.82, 2.24) is 4.90 Å². The SMILES string of the molecule is CC(=O)c1ccc(C#N)c(NCCCN2CCCC2=O)c1. The fraction of sp³-hybridized carbons (Fsp3) is 0.438. The maximum absolute atomic E-state index is 11.5. The van der Waals surface area contributed by atoms with E-state index in [0.717, 1.165) is 25.9 Å². The Morgan fingerprint density at radius 3 is 2.90 bits per heavy atom. The van der Waals surface area contributed by atoms with Crippen LogP contribution in [-0.2, 0) is 4.79 Å². The normalized spacial score (nSPS) is 14.1. The Balaban J connectivity index is 1.90. The van der Waals surface area contributed by atoms with Crippen molar-refractivity contribution in [3.8, 4) is 6.07 Å². The molecule has 0 aliphatic carbocycles. The van der Waals surface area contributed by atoms with Crippen LogP contribution in [0, 0.1) is 11.3 Å². The first-order chi connectivity index (χ1) is 10.1. The number of hydrogen-bond donors (Lipinski definition) is 1. The zero-order valence-electron chi connectivity index (χ0n) is 12.2. The van der Waals surface area contributed by atoms with Crippen molar-refractivity contribution in [1.29, 1.82) is 5.26 Å². The molecule has 0 unspecified atom stereocenters. The van der Waals surface area contributed by atoms with Gasteiger partial charge < -0.3 is 10.2 Å². The molecule has 1 aromatic carbocycles. The highest BCUT2D eigenvalue weighted by molar-refractivity contribution is 5.95. The Morgan fingerprint density at radius 2 is 2.29 bits per heavy atom. The number of anilines is 1. The molecule has 0 aromatic heterocycles. The number of carbonyl (C=O) groups excluding carboxylic acids is 2. The average Bonchev–Trinajstić information content (AvgIpc) is 2.88. The van der Waals surface area contributed by atoms with Gasteiger partial charge in [0.1, 0.15) is 6.07 Å². The molecule has 5 nitrogen and oxygen atoms in total. The lowest BCUT2D eigenvalue weighted by Crippen LogP contribution is -2.27. The Bertz CT molecular complexity index is 590. The summed E-state index contributed by atoms with van der Waals surface area (Å²) in [6.07, 6.45) is 2.43. The summed E-state index contributed by atoms with van der Waals surface area (Å²) in [5, 5.41) is 12.3. The third kappa shape index (κ3) is 3.82. The van der Waals surface area contributed by atoms with Gasteiger partial charge in [-0.25, -0.2) is 0 Å². The van der Waals surface area contributed by atoms with E-state index in [2.05, 4.69) is 11.4 Å². The van der Waals surface area contributed by atoms with Gasteiger partial charge in [-0.15, -0.1) is 0 Å². The minimum Gasteiger partial charge on any atom is -0.384 e. The van der Waals surface area contributed by atoms with E-state index < -0.39 is 0 Å². The smallest absolute Gasteiger partial charge is 0.222 e. The number of carbonyl (C=O) groups is 2. The average molecular weight is 285 g/mol. The van der Waals surface area contributed by atoms with Gasteiger partial charge in [0.15, 0.2) is 5.78 Å². The number of nitrogens with one attached hydrogen (secondary N) is 1. The van der Waals surface area contributed by atoms with Crippen molar-refractivity contribution in [3.63, 3.8) is 0 Å². The van der Waals surface area contributed by atoms with Gasteiger partial charge >= 0.3 is 0 Å². The van der Waals surface area contributed by atoms with Crippen LogP contribution in [0.2, 0.25) is 0 Å². The number of amides is 1. The molecule has 1 amide bonds. The van der Waals surface area contributed by atoms with E-state index in [0.29, 0.717) is 29.8 Å². The zero-order chi connectivity index (χ0) is 15.2. The second kappa shape index (κ2) is 6.89. The standard InChI is InChI=1S/C16H19N3O2/c1-12(20)13-5-6-14(11-17)15(10-13)18-7-3-9-19-8-2-4-16(19)21/h5-6,10,18H,2-4,7-9H2,1H3. The maximum atomic E-state index is 11.5. The van der Waals surface area contributed by atoms with Gasteiger partial charge in [-0.3, -0.25) is 9.59 Å². The third-order valence-corrected chi connectivity index (χ3v) is 3.64. The maximum Gasteiger partial charge on any atom is 0.222 e. The van der Waals surface area contributed by atoms with Gasteiger partial charge in [0.05, 0.1) is 11.3 Å². The molecule has 0 atom stereocenters. The van der Waals surface area contributed by atoms with Gasteiger partial charge in [0, 0.05) is 31.6 Å². The molecule has 1 fully saturated rings. The molecule has 0 saturated carbocycles. The summed E-state index contributed by atoms with van der Waals surface area (Å²) in [4.78, 5) is 24.7. The fourth-order valence-corrected chi connectivity index (χ4v) is 2.44. The summed E-state index contributed by atoms with van der Waals surface area (Å²) in [5.74, 6) is 0.205. The fourth-order valence-electron chi connectivity index (χ4n) is 2.44. The highest BCUT2D eigenvalue weighted by Gasteiger charge is 2.18. The molecule has 0 bridgehead atoms. The van der Waals surface area contributed by atoms with E-state index >= 15 is 0 Å². The van der Waals surface area contributed by atoms with E-state index in [4.69, 9.17) is 5.26 Å². The van der Waals surface area contributed by atoms with Crippen molar-refractivity contribution in [2.75, 3.05) is 25.0 Å². The van der Waals surface area contributed by atoms with Crippen LogP contribution < -0.4 is 5.32 Å². The summed E-state index contributed by atoms with van der Waals surface area (Å²) in [5.41, 5.74) is 1.79. The molecule has 0 radical (unpaired) electrons. The molecule has 1 aliphatic rings. The third-order valence-electron chi connectivity index (χ3n) is 3.64. The van der Waals surface area contributed by atoms with Crippen molar-refractivity contribution >= 4 is 17.4 Å². The van der Waals surface area contributed by atoms with Crippen LogP contribution in [0.25, 0.3) is 0 Å². The molecule has 5 heteroatoms. The van der Waals surface area contributed by atoms with Crippen LogP contribution in [0.1, 0.15) is 42.1 Å². The Morgan fingerprint density at radius 1 is 1.48 bits per heavy atom. The number of nitriles is 1. The molecule has 1 aromatic rings. The van der Waals surface area contributed by atoms with E-state index in [1.807, 2.05) is 4.90 Å². The van der Waals surface area contributed by atoms with Crippen LogP contribution in [0.5, 0.6) is 0 Å². The summed E-state index contributed by atoms with van der Waals surface area (Å²) in [6.45, 7) is 3.76. The first-order valence-electron chi connectivity index (χ1n) is 7.18. The Kier molecular flexibility index (Phi) is 4.94. The molecule has 0 spiro atoms. The molecule has 21 heavy (non-hydrogen) atoms. The second-order valence-electron chi connectivity index (χ2n) is 5.19. The first kappa shape index (κ1) is 15.0. The van der Waals surface area contributed by atoms with Crippen LogP contribution in [0.4, 0.5) is 5.69 Å². The highest BCUT2D eigenvalue weighted by Crippen LogP contribution is 2.18. The number of benzene rings is 1. The molecule has 1 saturated heterocycles. The second-order valence-corrected chi connectivity index (χ2v) is 5.19. The van der Waals surface area contributed by atoms with Crippen LogP contribution in [0.15, 0.2) is 18.2 Å². The number of ketones is 1. The summed E-state index contributed by atoms with van der Waals surface area (Å²) in [6, 6.07) is 7.14. The van der Waals surface area contributed by atoms with Crippen LogP contribution >= 0.6 is 0 Å². The van der Waals surface area contributed by atoms with Crippen molar-refractivity contribution < 1.29 is 9.59 Å². The van der Waals surface area contributed by atoms with Gasteiger partial charge in [0.2, 0.25) is 5.91 Å².